The van der Waals surface area contributed by atoms with Gasteiger partial charge < -0.3 is 4.90 Å². The molecule has 1 amide bonds. The maximum absolute atomic E-state index is 12.3. The van der Waals surface area contributed by atoms with Gasteiger partial charge in [-0.2, -0.15) is 0 Å². The maximum Gasteiger partial charge on any atom is 0.255 e. The summed E-state index contributed by atoms with van der Waals surface area (Å²) in [5.74, 6) is -0.0748. The van der Waals surface area contributed by atoms with Gasteiger partial charge in [-0.1, -0.05) is 17.7 Å². The van der Waals surface area contributed by atoms with Crippen molar-refractivity contribution in [1.29, 1.82) is 0 Å². The Morgan fingerprint density at radius 1 is 1.37 bits per heavy atom. The minimum atomic E-state index is -0.0748. The van der Waals surface area contributed by atoms with Crippen molar-refractivity contribution in [2.45, 2.75) is 6.54 Å². The highest BCUT2D eigenvalue weighted by atomic mass is 79.9. The molecule has 1 aromatic heterocycles. The summed E-state index contributed by atoms with van der Waals surface area (Å²) >= 11 is 9.22. The van der Waals surface area contributed by atoms with Crippen LogP contribution in [0.25, 0.3) is 0 Å². The van der Waals surface area contributed by atoms with Gasteiger partial charge in [0.05, 0.1) is 17.8 Å². The van der Waals surface area contributed by atoms with Crippen molar-refractivity contribution < 1.29 is 4.79 Å². The van der Waals surface area contributed by atoms with Crippen LogP contribution in [0.1, 0.15) is 16.1 Å². The minimum absolute atomic E-state index is 0.0748. The summed E-state index contributed by atoms with van der Waals surface area (Å²) in [6, 6.07) is 10.8. The Bertz CT molecular complexity index is 589. The standard InChI is InChI=1S/C14H12BrClN2O/c1-18(9-11-4-2-3-7-17-11)14(19)12-6-5-10(16)8-13(12)15/h2-8H,9H2,1H3. The van der Waals surface area contributed by atoms with Crippen LogP contribution in [-0.4, -0.2) is 22.8 Å². The molecular formula is C14H12BrClN2O. The molecule has 1 heterocycles. The third-order valence-electron chi connectivity index (χ3n) is 2.63. The van der Waals surface area contributed by atoms with Gasteiger partial charge in [0, 0.05) is 22.7 Å². The number of nitrogens with zero attached hydrogens (tertiary/aromatic N) is 2. The molecule has 0 bridgehead atoms. The molecule has 0 atom stereocenters. The van der Waals surface area contributed by atoms with Gasteiger partial charge in [-0.25, -0.2) is 0 Å². The van der Waals surface area contributed by atoms with Crippen LogP contribution in [0, 0.1) is 0 Å². The van der Waals surface area contributed by atoms with Crippen LogP contribution < -0.4 is 0 Å². The summed E-state index contributed by atoms with van der Waals surface area (Å²) in [5.41, 5.74) is 1.44. The van der Waals surface area contributed by atoms with E-state index in [1.807, 2.05) is 18.2 Å². The van der Waals surface area contributed by atoms with Crippen LogP contribution in [0.5, 0.6) is 0 Å². The number of benzene rings is 1. The van der Waals surface area contributed by atoms with Crippen molar-refractivity contribution in [3.8, 4) is 0 Å². The average molecular weight is 340 g/mol. The summed E-state index contributed by atoms with van der Waals surface area (Å²) in [4.78, 5) is 18.1. The topological polar surface area (TPSA) is 33.2 Å². The molecular weight excluding hydrogens is 328 g/mol. The van der Waals surface area contributed by atoms with Gasteiger partial charge in [-0.05, 0) is 46.3 Å². The zero-order chi connectivity index (χ0) is 13.8. The summed E-state index contributed by atoms with van der Waals surface area (Å²) in [6.45, 7) is 0.467. The van der Waals surface area contributed by atoms with Gasteiger partial charge in [0.2, 0.25) is 0 Å². The molecule has 3 nitrogen and oxygen atoms in total. The molecule has 0 aliphatic heterocycles. The molecule has 0 saturated heterocycles. The molecule has 0 spiro atoms. The third kappa shape index (κ3) is 3.55. The van der Waals surface area contributed by atoms with E-state index < -0.39 is 0 Å². The van der Waals surface area contributed by atoms with Gasteiger partial charge in [0.25, 0.3) is 5.91 Å². The molecule has 1 aromatic carbocycles. The number of carbonyl (C=O) groups is 1. The van der Waals surface area contributed by atoms with Crippen LogP contribution in [-0.2, 0) is 6.54 Å². The van der Waals surface area contributed by atoms with E-state index in [1.54, 1.807) is 36.3 Å². The first-order valence-corrected chi connectivity index (χ1v) is 6.85. The van der Waals surface area contributed by atoms with Gasteiger partial charge in [0.15, 0.2) is 0 Å². The largest absolute Gasteiger partial charge is 0.336 e. The van der Waals surface area contributed by atoms with Crippen molar-refractivity contribution >= 4 is 33.4 Å². The number of halogens is 2. The molecule has 0 unspecified atom stereocenters. The second kappa shape index (κ2) is 6.17. The summed E-state index contributed by atoms with van der Waals surface area (Å²) in [7, 11) is 1.75. The van der Waals surface area contributed by atoms with E-state index in [9.17, 15) is 4.79 Å². The Morgan fingerprint density at radius 3 is 2.79 bits per heavy atom. The Kier molecular flexibility index (Phi) is 4.56. The van der Waals surface area contributed by atoms with Crippen LogP contribution in [0.2, 0.25) is 5.02 Å². The number of hydrogen-bond donors (Lipinski definition) is 0. The van der Waals surface area contributed by atoms with E-state index >= 15 is 0 Å². The number of rotatable bonds is 3. The molecule has 0 aliphatic rings. The normalized spacial score (nSPS) is 10.3. The van der Waals surface area contributed by atoms with E-state index in [4.69, 9.17) is 11.6 Å². The fourth-order valence-electron chi connectivity index (χ4n) is 1.67. The first-order chi connectivity index (χ1) is 9.08. The van der Waals surface area contributed by atoms with E-state index in [0.29, 0.717) is 21.6 Å². The Labute approximate surface area is 125 Å². The van der Waals surface area contributed by atoms with Crippen molar-refractivity contribution in [1.82, 2.24) is 9.88 Å². The lowest BCUT2D eigenvalue weighted by molar-refractivity contribution is 0.0782. The lowest BCUT2D eigenvalue weighted by Gasteiger charge is -2.17. The van der Waals surface area contributed by atoms with E-state index in [1.165, 1.54) is 0 Å². The summed E-state index contributed by atoms with van der Waals surface area (Å²) in [5, 5.41) is 0.593. The Balaban J connectivity index is 2.15. The van der Waals surface area contributed by atoms with Gasteiger partial charge in [-0.3, -0.25) is 9.78 Å². The van der Waals surface area contributed by atoms with Crippen molar-refractivity contribution in [3.63, 3.8) is 0 Å². The Morgan fingerprint density at radius 2 is 2.16 bits per heavy atom. The minimum Gasteiger partial charge on any atom is -0.336 e. The highest BCUT2D eigenvalue weighted by Gasteiger charge is 2.15. The molecule has 19 heavy (non-hydrogen) atoms. The molecule has 0 radical (unpaired) electrons. The number of hydrogen-bond acceptors (Lipinski definition) is 2. The SMILES string of the molecule is CN(Cc1ccccn1)C(=O)c1ccc(Cl)cc1Br. The fraction of sp³-hybridized carbons (Fsp3) is 0.143. The van der Waals surface area contributed by atoms with Crippen molar-refractivity contribution in [3.05, 3.63) is 63.3 Å². The predicted octanol–water partition coefficient (Wildman–Crippen LogP) is 3.77. The van der Waals surface area contributed by atoms with E-state index in [2.05, 4.69) is 20.9 Å². The highest BCUT2D eigenvalue weighted by molar-refractivity contribution is 9.10. The monoisotopic (exact) mass is 338 g/mol. The van der Waals surface area contributed by atoms with Crippen LogP contribution in [0.15, 0.2) is 47.1 Å². The first-order valence-electron chi connectivity index (χ1n) is 5.68. The first kappa shape index (κ1) is 14.0. The molecule has 98 valence electrons. The van der Waals surface area contributed by atoms with Crippen LogP contribution in [0.4, 0.5) is 0 Å². The van der Waals surface area contributed by atoms with Crippen LogP contribution >= 0.6 is 27.5 Å². The number of amides is 1. The van der Waals surface area contributed by atoms with Gasteiger partial charge >= 0.3 is 0 Å². The zero-order valence-electron chi connectivity index (χ0n) is 10.3. The predicted molar refractivity (Wildman–Crippen MR) is 79.2 cm³/mol. The lowest BCUT2D eigenvalue weighted by atomic mass is 10.2. The van der Waals surface area contributed by atoms with Crippen molar-refractivity contribution in [2.24, 2.45) is 0 Å². The van der Waals surface area contributed by atoms with Crippen LogP contribution in [0.3, 0.4) is 0 Å². The van der Waals surface area contributed by atoms with Gasteiger partial charge in [0.1, 0.15) is 0 Å². The number of aromatic nitrogens is 1. The quantitative estimate of drug-likeness (QED) is 0.853. The smallest absolute Gasteiger partial charge is 0.255 e. The third-order valence-corrected chi connectivity index (χ3v) is 3.52. The molecule has 0 saturated carbocycles. The fourth-order valence-corrected chi connectivity index (χ4v) is 2.53. The average Bonchev–Trinajstić information content (AvgIpc) is 2.39. The Hall–Kier alpha value is -1.39. The second-order valence-corrected chi connectivity index (χ2v) is 5.40. The summed E-state index contributed by atoms with van der Waals surface area (Å²) < 4.78 is 0.692. The molecule has 0 N–H and O–H groups in total. The number of carbonyl (C=O) groups excluding carboxylic acids is 1. The molecule has 2 rings (SSSR count). The van der Waals surface area contributed by atoms with Crippen molar-refractivity contribution in [2.75, 3.05) is 7.05 Å². The molecule has 5 heteroatoms. The second-order valence-electron chi connectivity index (χ2n) is 4.11. The lowest BCUT2D eigenvalue weighted by Crippen LogP contribution is -2.26. The van der Waals surface area contributed by atoms with E-state index in [-0.39, 0.29) is 5.91 Å². The maximum atomic E-state index is 12.3. The highest BCUT2D eigenvalue weighted by Crippen LogP contribution is 2.22. The summed E-state index contributed by atoms with van der Waals surface area (Å²) in [6.07, 6.45) is 1.71. The molecule has 0 fully saturated rings. The zero-order valence-corrected chi connectivity index (χ0v) is 12.6. The number of pyridine rings is 1. The molecule has 2 aromatic rings. The molecule has 0 aliphatic carbocycles. The van der Waals surface area contributed by atoms with Gasteiger partial charge in [-0.15, -0.1) is 0 Å². The van der Waals surface area contributed by atoms with E-state index in [0.717, 1.165) is 5.69 Å².